The molecule has 2 N–H and O–H groups in total. The van der Waals surface area contributed by atoms with Crippen LogP contribution < -0.4 is 10.1 Å². The number of ether oxygens (including phenoxy) is 1. The summed E-state index contributed by atoms with van der Waals surface area (Å²) in [6, 6.07) is 6.35. The van der Waals surface area contributed by atoms with E-state index in [0.29, 0.717) is 6.54 Å². The lowest BCUT2D eigenvalue weighted by molar-refractivity contribution is 0.163. The van der Waals surface area contributed by atoms with Gasteiger partial charge < -0.3 is 15.2 Å². The second kappa shape index (κ2) is 6.62. The molecule has 1 rings (SSSR count). The average Bonchev–Trinajstić information content (AvgIpc) is 2.35. The Kier molecular flexibility index (Phi) is 5.45. The van der Waals surface area contributed by atoms with Crippen molar-refractivity contribution >= 4 is 0 Å². The third-order valence-electron chi connectivity index (χ3n) is 2.99. The maximum absolute atomic E-state index is 9.53. The van der Waals surface area contributed by atoms with Gasteiger partial charge in [-0.3, -0.25) is 0 Å². The summed E-state index contributed by atoms with van der Waals surface area (Å²) in [5.74, 6) is 0.899. The van der Waals surface area contributed by atoms with Crippen molar-refractivity contribution in [2.45, 2.75) is 39.3 Å². The highest BCUT2D eigenvalue weighted by atomic mass is 16.5. The lowest BCUT2D eigenvalue weighted by atomic mass is 10.0. The first kappa shape index (κ1) is 14.0. The number of nitrogens with one attached hydrogen (secondary N) is 1. The largest absolute Gasteiger partial charge is 0.496 e. The summed E-state index contributed by atoms with van der Waals surface area (Å²) < 4.78 is 5.38. The van der Waals surface area contributed by atoms with Gasteiger partial charge in [0.25, 0.3) is 0 Å². The molecule has 1 aromatic rings. The van der Waals surface area contributed by atoms with Crippen LogP contribution in [0.3, 0.4) is 0 Å². The minimum absolute atomic E-state index is 0.173. The minimum atomic E-state index is -0.283. The highest BCUT2D eigenvalue weighted by Gasteiger charge is 2.12. The molecule has 0 aliphatic heterocycles. The number of hydrogen-bond acceptors (Lipinski definition) is 3. The summed E-state index contributed by atoms with van der Waals surface area (Å²) in [7, 11) is 1.69. The van der Waals surface area contributed by atoms with Crippen LogP contribution in [-0.2, 0) is 0 Å². The van der Waals surface area contributed by atoms with Crippen molar-refractivity contribution in [1.82, 2.24) is 5.32 Å². The van der Waals surface area contributed by atoms with Gasteiger partial charge in [-0.1, -0.05) is 19.1 Å². The maximum Gasteiger partial charge on any atom is 0.123 e. The van der Waals surface area contributed by atoms with E-state index in [2.05, 4.69) is 24.4 Å². The van der Waals surface area contributed by atoms with Gasteiger partial charge in [0.15, 0.2) is 0 Å². The predicted octanol–water partition coefficient (Wildman–Crippen LogP) is 2.43. The standard InChI is InChI=1S/C14H23NO2/c1-5-12(16)9-15-11(3)13-7-6-10(2)8-14(13)17-4/h6-8,11-12,15-16H,5,9H2,1-4H3. The fraction of sp³-hybridized carbons (Fsp3) is 0.571. The Bertz CT molecular complexity index is 352. The second-order valence-electron chi connectivity index (χ2n) is 4.44. The molecule has 0 saturated carbocycles. The van der Waals surface area contributed by atoms with Crippen molar-refractivity contribution in [3.05, 3.63) is 29.3 Å². The second-order valence-corrected chi connectivity index (χ2v) is 4.44. The van der Waals surface area contributed by atoms with Crippen LogP contribution in [-0.4, -0.2) is 24.9 Å². The molecule has 2 atom stereocenters. The van der Waals surface area contributed by atoms with Crippen LogP contribution in [0, 0.1) is 6.92 Å². The van der Waals surface area contributed by atoms with Gasteiger partial charge in [-0.15, -0.1) is 0 Å². The molecule has 3 heteroatoms. The van der Waals surface area contributed by atoms with Gasteiger partial charge in [0.2, 0.25) is 0 Å². The molecule has 0 saturated heterocycles. The number of aliphatic hydroxyl groups excluding tert-OH is 1. The van der Waals surface area contributed by atoms with Crippen molar-refractivity contribution in [3.8, 4) is 5.75 Å². The Morgan fingerprint density at radius 3 is 2.71 bits per heavy atom. The van der Waals surface area contributed by atoms with Gasteiger partial charge in [0.1, 0.15) is 5.75 Å². The molecular formula is C14H23NO2. The summed E-state index contributed by atoms with van der Waals surface area (Å²) >= 11 is 0. The third-order valence-corrected chi connectivity index (χ3v) is 2.99. The summed E-state index contributed by atoms with van der Waals surface area (Å²) in [5.41, 5.74) is 2.31. The molecule has 96 valence electrons. The molecule has 0 aliphatic rings. The van der Waals surface area contributed by atoms with Gasteiger partial charge in [-0.2, -0.15) is 0 Å². The number of hydrogen-bond donors (Lipinski definition) is 2. The van der Waals surface area contributed by atoms with Crippen molar-refractivity contribution in [2.75, 3.05) is 13.7 Å². The smallest absolute Gasteiger partial charge is 0.123 e. The first-order chi connectivity index (χ1) is 8.08. The molecule has 3 nitrogen and oxygen atoms in total. The van der Waals surface area contributed by atoms with Crippen LogP contribution in [0.1, 0.15) is 37.4 Å². The molecule has 0 amide bonds. The van der Waals surface area contributed by atoms with Gasteiger partial charge in [0.05, 0.1) is 13.2 Å². The van der Waals surface area contributed by atoms with Crippen molar-refractivity contribution < 1.29 is 9.84 Å². The van der Waals surface area contributed by atoms with Crippen molar-refractivity contribution in [3.63, 3.8) is 0 Å². The highest BCUT2D eigenvalue weighted by Crippen LogP contribution is 2.25. The van der Waals surface area contributed by atoms with Crippen molar-refractivity contribution in [1.29, 1.82) is 0 Å². The van der Waals surface area contributed by atoms with E-state index in [1.54, 1.807) is 7.11 Å². The first-order valence-corrected chi connectivity index (χ1v) is 6.14. The number of aliphatic hydroxyl groups is 1. The Labute approximate surface area is 104 Å². The maximum atomic E-state index is 9.53. The van der Waals surface area contributed by atoms with E-state index in [-0.39, 0.29) is 12.1 Å². The molecule has 17 heavy (non-hydrogen) atoms. The fourth-order valence-electron chi connectivity index (χ4n) is 1.74. The molecule has 1 aromatic carbocycles. The van der Waals surface area contributed by atoms with Gasteiger partial charge in [-0.25, -0.2) is 0 Å². The predicted molar refractivity (Wildman–Crippen MR) is 70.4 cm³/mol. The molecule has 2 unspecified atom stereocenters. The number of aryl methyl sites for hydroxylation is 1. The van der Waals surface area contributed by atoms with E-state index in [9.17, 15) is 5.11 Å². The van der Waals surface area contributed by atoms with Crippen LogP contribution in [0.2, 0.25) is 0 Å². The summed E-state index contributed by atoms with van der Waals surface area (Å²) in [4.78, 5) is 0. The summed E-state index contributed by atoms with van der Waals surface area (Å²) in [6.45, 7) is 6.71. The SMILES string of the molecule is CCC(O)CNC(C)c1ccc(C)cc1OC. The Hall–Kier alpha value is -1.06. The average molecular weight is 237 g/mol. The fourth-order valence-corrected chi connectivity index (χ4v) is 1.74. The van der Waals surface area contributed by atoms with Crippen LogP contribution in [0.4, 0.5) is 0 Å². The molecule has 0 fully saturated rings. The molecule has 0 aromatic heterocycles. The lowest BCUT2D eigenvalue weighted by Gasteiger charge is -2.19. The van der Waals surface area contributed by atoms with E-state index in [1.807, 2.05) is 19.9 Å². The zero-order valence-electron chi connectivity index (χ0n) is 11.2. The van der Waals surface area contributed by atoms with E-state index in [1.165, 1.54) is 5.56 Å². The molecule has 0 aliphatic carbocycles. The summed E-state index contributed by atoms with van der Waals surface area (Å²) in [6.07, 6.45) is 0.485. The zero-order valence-corrected chi connectivity index (χ0v) is 11.2. The van der Waals surface area contributed by atoms with Gasteiger partial charge in [0, 0.05) is 18.2 Å². The highest BCUT2D eigenvalue weighted by molar-refractivity contribution is 5.39. The van der Waals surface area contributed by atoms with Crippen molar-refractivity contribution in [2.24, 2.45) is 0 Å². The zero-order chi connectivity index (χ0) is 12.8. The van der Waals surface area contributed by atoms with E-state index in [4.69, 9.17) is 4.74 Å². The number of rotatable bonds is 6. The van der Waals surface area contributed by atoms with Gasteiger partial charge >= 0.3 is 0 Å². The topological polar surface area (TPSA) is 41.5 Å². The third kappa shape index (κ3) is 4.02. The molecule has 0 bridgehead atoms. The van der Waals surface area contributed by atoms with E-state index in [0.717, 1.165) is 17.7 Å². The number of benzene rings is 1. The number of methoxy groups -OCH3 is 1. The Morgan fingerprint density at radius 2 is 2.12 bits per heavy atom. The van der Waals surface area contributed by atoms with Crippen LogP contribution in [0.25, 0.3) is 0 Å². The normalized spacial score (nSPS) is 14.4. The van der Waals surface area contributed by atoms with E-state index >= 15 is 0 Å². The van der Waals surface area contributed by atoms with Crippen LogP contribution in [0.15, 0.2) is 18.2 Å². The van der Waals surface area contributed by atoms with Gasteiger partial charge in [-0.05, 0) is 31.9 Å². The molecule has 0 radical (unpaired) electrons. The first-order valence-electron chi connectivity index (χ1n) is 6.14. The lowest BCUT2D eigenvalue weighted by Crippen LogP contribution is -2.28. The monoisotopic (exact) mass is 237 g/mol. The molecular weight excluding hydrogens is 214 g/mol. The van der Waals surface area contributed by atoms with Crippen LogP contribution in [0.5, 0.6) is 5.75 Å². The minimum Gasteiger partial charge on any atom is -0.496 e. The van der Waals surface area contributed by atoms with Crippen LogP contribution >= 0.6 is 0 Å². The van der Waals surface area contributed by atoms with E-state index < -0.39 is 0 Å². The Balaban J connectivity index is 2.71. The Morgan fingerprint density at radius 1 is 1.41 bits per heavy atom. The molecule has 0 spiro atoms. The summed E-state index contributed by atoms with van der Waals surface area (Å²) in [5, 5.41) is 12.8. The molecule has 0 heterocycles. The quantitative estimate of drug-likeness (QED) is 0.798.